The lowest BCUT2D eigenvalue weighted by atomic mass is 10.2. The van der Waals surface area contributed by atoms with Gasteiger partial charge in [0.05, 0.1) is 18.3 Å². The van der Waals surface area contributed by atoms with E-state index in [2.05, 4.69) is 37.5 Å². The zero-order valence-corrected chi connectivity index (χ0v) is 14.8. The standard InChI is InChI=1S/C16H24N6O3/c1-4-5-13-17-15(20-19-13)12-9-22(6-7-24-12)11(3)16(23)18-14-8-10(2)21-25-14/h8,11-12H,4-7,9H2,1-3H3,(H,18,23)(H,17,19,20)/t11-,12+/m1/s1. The molecule has 0 bridgehead atoms. The quantitative estimate of drug-likeness (QED) is 0.813. The number of ether oxygens (including phenoxy) is 1. The van der Waals surface area contributed by atoms with Crippen molar-refractivity contribution in [1.82, 2.24) is 25.2 Å². The molecule has 9 heteroatoms. The predicted octanol–water partition coefficient (Wildman–Crippen LogP) is 1.45. The Morgan fingerprint density at radius 3 is 3.12 bits per heavy atom. The summed E-state index contributed by atoms with van der Waals surface area (Å²) in [4.78, 5) is 19.0. The number of H-pyrrole nitrogens is 1. The highest BCUT2D eigenvalue weighted by Gasteiger charge is 2.31. The number of aryl methyl sites for hydroxylation is 2. The van der Waals surface area contributed by atoms with Crippen LogP contribution in [0.25, 0.3) is 0 Å². The molecule has 1 amide bonds. The number of rotatable bonds is 6. The van der Waals surface area contributed by atoms with Gasteiger partial charge in [0.2, 0.25) is 11.8 Å². The molecule has 0 saturated carbocycles. The second-order valence-electron chi connectivity index (χ2n) is 6.24. The van der Waals surface area contributed by atoms with Crippen LogP contribution in [0.15, 0.2) is 10.6 Å². The zero-order valence-electron chi connectivity index (χ0n) is 14.8. The number of hydrogen-bond acceptors (Lipinski definition) is 7. The molecule has 1 aliphatic rings. The first-order valence-corrected chi connectivity index (χ1v) is 8.57. The Labute approximate surface area is 146 Å². The molecule has 0 unspecified atom stereocenters. The monoisotopic (exact) mass is 348 g/mol. The maximum absolute atomic E-state index is 12.4. The number of carbonyl (C=O) groups excluding carboxylic acids is 1. The van der Waals surface area contributed by atoms with Crippen LogP contribution in [0.1, 0.15) is 43.7 Å². The largest absolute Gasteiger partial charge is 0.367 e. The fraction of sp³-hybridized carbons (Fsp3) is 0.625. The number of aromatic amines is 1. The number of nitrogens with zero attached hydrogens (tertiary/aromatic N) is 4. The molecule has 136 valence electrons. The lowest BCUT2D eigenvalue weighted by molar-refractivity contribution is -0.124. The molecule has 0 spiro atoms. The molecule has 2 atom stereocenters. The van der Waals surface area contributed by atoms with Gasteiger partial charge in [0.1, 0.15) is 11.9 Å². The maximum Gasteiger partial charge on any atom is 0.243 e. The van der Waals surface area contributed by atoms with Crippen LogP contribution in [-0.2, 0) is 16.0 Å². The Balaban J connectivity index is 1.60. The SMILES string of the molecule is CCCc1nc([C@@H]2CN([C@H](C)C(=O)Nc3cc(C)no3)CCO2)n[nH]1. The smallest absolute Gasteiger partial charge is 0.243 e. The molecule has 3 heterocycles. The van der Waals surface area contributed by atoms with Crippen molar-refractivity contribution in [1.29, 1.82) is 0 Å². The van der Waals surface area contributed by atoms with Gasteiger partial charge in [-0.1, -0.05) is 12.1 Å². The van der Waals surface area contributed by atoms with E-state index in [4.69, 9.17) is 9.26 Å². The van der Waals surface area contributed by atoms with Gasteiger partial charge in [0, 0.05) is 25.6 Å². The van der Waals surface area contributed by atoms with Crippen molar-refractivity contribution in [3.8, 4) is 0 Å². The van der Waals surface area contributed by atoms with Gasteiger partial charge in [-0.3, -0.25) is 20.1 Å². The summed E-state index contributed by atoms with van der Waals surface area (Å²) in [5.74, 6) is 1.73. The van der Waals surface area contributed by atoms with Crippen molar-refractivity contribution >= 4 is 11.8 Å². The molecular weight excluding hydrogens is 324 g/mol. The lowest BCUT2D eigenvalue weighted by Gasteiger charge is -2.34. The summed E-state index contributed by atoms with van der Waals surface area (Å²) in [6.07, 6.45) is 1.63. The maximum atomic E-state index is 12.4. The minimum Gasteiger partial charge on any atom is -0.367 e. The second-order valence-corrected chi connectivity index (χ2v) is 6.24. The molecule has 0 radical (unpaired) electrons. The second kappa shape index (κ2) is 7.75. The highest BCUT2D eigenvalue weighted by atomic mass is 16.5. The van der Waals surface area contributed by atoms with Crippen LogP contribution in [0.4, 0.5) is 5.88 Å². The van der Waals surface area contributed by atoms with Crippen LogP contribution in [0.2, 0.25) is 0 Å². The fourth-order valence-corrected chi connectivity index (χ4v) is 2.79. The Kier molecular flexibility index (Phi) is 5.44. The Morgan fingerprint density at radius 1 is 1.56 bits per heavy atom. The van der Waals surface area contributed by atoms with Crippen LogP contribution in [0.3, 0.4) is 0 Å². The van der Waals surface area contributed by atoms with Gasteiger partial charge in [0.25, 0.3) is 0 Å². The predicted molar refractivity (Wildman–Crippen MR) is 90.0 cm³/mol. The topological polar surface area (TPSA) is 109 Å². The Bertz CT molecular complexity index is 712. The normalized spacial score (nSPS) is 19.7. The number of aromatic nitrogens is 4. The molecule has 25 heavy (non-hydrogen) atoms. The summed E-state index contributed by atoms with van der Waals surface area (Å²) in [6.45, 7) is 7.53. The van der Waals surface area contributed by atoms with Crippen molar-refractivity contribution in [3.05, 3.63) is 23.4 Å². The Hall–Kier alpha value is -2.26. The van der Waals surface area contributed by atoms with Crippen molar-refractivity contribution in [2.75, 3.05) is 25.0 Å². The third-order valence-electron chi connectivity index (χ3n) is 4.22. The van der Waals surface area contributed by atoms with Gasteiger partial charge in [-0.2, -0.15) is 5.10 Å². The minimum absolute atomic E-state index is 0.140. The molecule has 9 nitrogen and oxygen atoms in total. The van der Waals surface area contributed by atoms with Crippen LogP contribution in [-0.4, -0.2) is 56.9 Å². The van der Waals surface area contributed by atoms with Gasteiger partial charge >= 0.3 is 0 Å². The van der Waals surface area contributed by atoms with E-state index in [1.54, 1.807) is 13.0 Å². The molecule has 1 fully saturated rings. The van der Waals surface area contributed by atoms with Crippen molar-refractivity contribution in [3.63, 3.8) is 0 Å². The summed E-state index contributed by atoms with van der Waals surface area (Å²) in [5.41, 5.74) is 0.724. The van der Waals surface area contributed by atoms with Crippen LogP contribution >= 0.6 is 0 Å². The number of anilines is 1. The third kappa shape index (κ3) is 4.23. The molecule has 1 saturated heterocycles. The van der Waals surface area contributed by atoms with Crippen molar-refractivity contribution < 1.29 is 14.1 Å². The first kappa shape index (κ1) is 17.6. The zero-order chi connectivity index (χ0) is 17.8. The van der Waals surface area contributed by atoms with Crippen molar-refractivity contribution in [2.24, 2.45) is 0 Å². The molecule has 2 aromatic rings. The summed E-state index contributed by atoms with van der Waals surface area (Å²) < 4.78 is 10.8. The Morgan fingerprint density at radius 2 is 2.40 bits per heavy atom. The molecule has 0 aliphatic carbocycles. The van der Waals surface area contributed by atoms with E-state index in [0.717, 1.165) is 24.4 Å². The number of hydrogen-bond donors (Lipinski definition) is 2. The fourth-order valence-electron chi connectivity index (χ4n) is 2.79. The van der Waals surface area contributed by atoms with Gasteiger partial charge in [-0.05, 0) is 20.3 Å². The lowest BCUT2D eigenvalue weighted by Crippen LogP contribution is -2.48. The van der Waals surface area contributed by atoms with E-state index < -0.39 is 0 Å². The number of amides is 1. The summed E-state index contributed by atoms with van der Waals surface area (Å²) in [5, 5.41) is 13.7. The third-order valence-corrected chi connectivity index (χ3v) is 4.22. The van der Waals surface area contributed by atoms with Crippen LogP contribution < -0.4 is 5.32 Å². The van der Waals surface area contributed by atoms with E-state index in [0.29, 0.717) is 31.4 Å². The molecular formula is C16H24N6O3. The van der Waals surface area contributed by atoms with E-state index in [-0.39, 0.29) is 18.1 Å². The van der Waals surface area contributed by atoms with E-state index in [1.165, 1.54) is 0 Å². The number of carbonyl (C=O) groups is 1. The van der Waals surface area contributed by atoms with E-state index in [9.17, 15) is 4.79 Å². The average molecular weight is 348 g/mol. The average Bonchev–Trinajstić information content (AvgIpc) is 3.24. The van der Waals surface area contributed by atoms with Gasteiger partial charge in [0.15, 0.2) is 5.82 Å². The summed E-state index contributed by atoms with van der Waals surface area (Å²) in [6, 6.07) is 1.36. The number of morpholine rings is 1. The minimum atomic E-state index is -0.328. The summed E-state index contributed by atoms with van der Waals surface area (Å²) in [7, 11) is 0. The molecule has 0 aromatic carbocycles. The highest BCUT2D eigenvalue weighted by molar-refractivity contribution is 5.93. The van der Waals surface area contributed by atoms with Crippen LogP contribution in [0.5, 0.6) is 0 Å². The molecule has 2 aromatic heterocycles. The molecule has 3 rings (SSSR count). The first-order chi connectivity index (χ1) is 12.1. The first-order valence-electron chi connectivity index (χ1n) is 8.57. The van der Waals surface area contributed by atoms with E-state index >= 15 is 0 Å². The van der Waals surface area contributed by atoms with Crippen molar-refractivity contribution in [2.45, 2.75) is 45.8 Å². The molecule has 2 N–H and O–H groups in total. The van der Waals surface area contributed by atoms with Gasteiger partial charge in [-0.25, -0.2) is 4.98 Å². The highest BCUT2D eigenvalue weighted by Crippen LogP contribution is 2.21. The van der Waals surface area contributed by atoms with Gasteiger partial charge < -0.3 is 9.26 Å². The van der Waals surface area contributed by atoms with E-state index in [1.807, 2.05) is 6.92 Å². The molecule has 1 aliphatic heterocycles. The summed E-state index contributed by atoms with van der Waals surface area (Å²) >= 11 is 0. The number of nitrogens with one attached hydrogen (secondary N) is 2. The van der Waals surface area contributed by atoms with Crippen LogP contribution in [0, 0.1) is 6.92 Å². The van der Waals surface area contributed by atoms with Gasteiger partial charge in [-0.15, -0.1) is 0 Å².